The quantitative estimate of drug-likeness (QED) is 0.284. The average molecular weight is 377 g/mol. The number of nitrogens with one attached hydrogen (secondary N) is 2. The van der Waals surface area contributed by atoms with E-state index in [1.807, 2.05) is 12.1 Å². The highest BCUT2D eigenvalue weighted by Crippen LogP contribution is 2.06. The Morgan fingerprint density at radius 2 is 1.74 bits per heavy atom. The van der Waals surface area contributed by atoms with Crippen LogP contribution in [-0.4, -0.2) is 55.7 Å². The monoisotopic (exact) mass is 376 g/mol. The number of hydrogen-bond acceptors (Lipinski definition) is 4. The van der Waals surface area contributed by atoms with E-state index >= 15 is 0 Å². The number of benzene rings is 1. The van der Waals surface area contributed by atoms with Gasteiger partial charge in [-0.1, -0.05) is 12.1 Å². The minimum absolute atomic E-state index is 0.286. The molecule has 0 unspecified atom stereocenters. The van der Waals surface area contributed by atoms with Crippen LogP contribution in [-0.2, 0) is 11.3 Å². The lowest BCUT2D eigenvalue weighted by Gasteiger charge is -2.30. The van der Waals surface area contributed by atoms with Gasteiger partial charge in [0.25, 0.3) is 0 Å². The van der Waals surface area contributed by atoms with Crippen LogP contribution in [0.3, 0.4) is 0 Å². The molecule has 1 aromatic carbocycles. The molecule has 0 saturated carbocycles. The molecular formula is C21H36N4O2. The van der Waals surface area contributed by atoms with Crippen molar-refractivity contribution in [3.05, 3.63) is 35.4 Å². The number of carbonyl (C=O) groups excluding carboxylic acids is 1. The third kappa shape index (κ3) is 8.43. The summed E-state index contributed by atoms with van der Waals surface area (Å²) in [4.78, 5) is 18.4. The van der Waals surface area contributed by atoms with E-state index in [0.717, 1.165) is 31.0 Å². The first kappa shape index (κ1) is 23.0. The highest BCUT2D eigenvalue weighted by atomic mass is 16.5. The maximum Gasteiger partial charge on any atom is 0.338 e. The molecule has 1 aromatic rings. The molecule has 0 atom stereocenters. The smallest absolute Gasteiger partial charge is 0.338 e. The highest BCUT2D eigenvalue weighted by Gasteiger charge is 2.12. The van der Waals surface area contributed by atoms with Crippen LogP contribution >= 0.6 is 0 Å². The molecule has 0 aliphatic rings. The first-order chi connectivity index (χ1) is 12.9. The number of nitrogens with zero attached hydrogens (tertiary/aromatic N) is 2. The summed E-state index contributed by atoms with van der Waals surface area (Å²) < 4.78 is 5.00. The van der Waals surface area contributed by atoms with Crippen molar-refractivity contribution in [2.45, 2.75) is 59.7 Å². The molecule has 0 aliphatic carbocycles. The van der Waals surface area contributed by atoms with Crippen LogP contribution in [0.5, 0.6) is 0 Å². The molecule has 27 heavy (non-hydrogen) atoms. The summed E-state index contributed by atoms with van der Waals surface area (Å²) in [5, 5.41) is 6.66. The zero-order valence-corrected chi connectivity index (χ0v) is 17.7. The average Bonchev–Trinajstić information content (AvgIpc) is 2.64. The minimum Gasteiger partial charge on any atom is -0.462 e. The zero-order valence-electron chi connectivity index (χ0n) is 17.7. The number of ether oxygens (including phenoxy) is 1. The van der Waals surface area contributed by atoms with E-state index in [1.54, 1.807) is 26.1 Å². The molecule has 6 nitrogen and oxygen atoms in total. The Kier molecular flexibility index (Phi) is 10.5. The Balaban J connectivity index is 2.39. The lowest BCUT2D eigenvalue weighted by molar-refractivity contribution is 0.0526. The molecule has 0 aromatic heterocycles. The third-order valence-corrected chi connectivity index (χ3v) is 4.36. The normalized spacial score (nSPS) is 12.0. The lowest BCUT2D eigenvalue weighted by Crippen LogP contribution is -2.41. The van der Waals surface area contributed by atoms with E-state index in [2.05, 4.69) is 48.2 Å². The molecule has 0 heterocycles. The van der Waals surface area contributed by atoms with E-state index in [9.17, 15) is 4.79 Å². The fourth-order valence-corrected chi connectivity index (χ4v) is 2.96. The molecule has 152 valence electrons. The Bertz CT molecular complexity index is 574. The van der Waals surface area contributed by atoms with Gasteiger partial charge in [0.05, 0.1) is 12.2 Å². The Morgan fingerprint density at radius 3 is 2.26 bits per heavy atom. The number of rotatable bonds is 10. The number of carbonyl (C=O) groups is 1. The second-order valence-electron chi connectivity index (χ2n) is 7.05. The van der Waals surface area contributed by atoms with Gasteiger partial charge in [0.2, 0.25) is 0 Å². The van der Waals surface area contributed by atoms with Crippen molar-refractivity contribution < 1.29 is 9.53 Å². The van der Waals surface area contributed by atoms with Gasteiger partial charge in [-0.25, -0.2) is 4.79 Å². The van der Waals surface area contributed by atoms with E-state index in [0.29, 0.717) is 30.8 Å². The van der Waals surface area contributed by atoms with Crippen molar-refractivity contribution in [2.24, 2.45) is 4.99 Å². The molecule has 0 fully saturated rings. The highest BCUT2D eigenvalue weighted by molar-refractivity contribution is 5.89. The minimum atomic E-state index is -0.286. The predicted octanol–water partition coefficient (Wildman–Crippen LogP) is 3.04. The molecule has 0 radical (unpaired) electrons. The van der Waals surface area contributed by atoms with Crippen LogP contribution < -0.4 is 10.6 Å². The molecule has 0 bridgehead atoms. The number of esters is 1. The van der Waals surface area contributed by atoms with Gasteiger partial charge in [-0.3, -0.25) is 9.89 Å². The first-order valence-corrected chi connectivity index (χ1v) is 9.85. The first-order valence-electron chi connectivity index (χ1n) is 9.85. The summed E-state index contributed by atoms with van der Waals surface area (Å²) in [7, 11) is 1.77. The Hall–Kier alpha value is -2.08. The SMILES string of the molecule is CCOC(=O)c1ccc(CNC(=NC)NCCCN(C(C)C)C(C)C)cc1. The van der Waals surface area contributed by atoms with Crippen molar-refractivity contribution in [3.63, 3.8) is 0 Å². The fourth-order valence-electron chi connectivity index (χ4n) is 2.96. The van der Waals surface area contributed by atoms with Gasteiger partial charge in [0, 0.05) is 38.8 Å². The van der Waals surface area contributed by atoms with Gasteiger partial charge in [-0.05, 0) is 58.7 Å². The topological polar surface area (TPSA) is 66.0 Å². The van der Waals surface area contributed by atoms with Crippen molar-refractivity contribution in [2.75, 3.05) is 26.7 Å². The standard InChI is InChI=1S/C21H36N4O2/c1-7-27-20(26)19-11-9-18(10-12-19)15-24-21(22-6)23-13-8-14-25(16(2)3)17(4)5/h9-12,16-17H,7-8,13-15H2,1-6H3,(H2,22,23,24). The molecular weight excluding hydrogens is 340 g/mol. The van der Waals surface area contributed by atoms with Crippen molar-refractivity contribution in [3.8, 4) is 0 Å². The summed E-state index contributed by atoms with van der Waals surface area (Å²) in [5.41, 5.74) is 1.65. The predicted molar refractivity (Wildman–Crippen MR) is 112 cm³/mol. The number of hydrogen-bond donors (Lipinski definition) is 2. The van der Waals surface area contributed by atoms with Crippen molar-refractivity contribution in [1.29, 1.82) is 0 Å². The number of aliphatic imine (C=N–C) groups is 1. The molecule has 0 aliphatic heterocycles. The molecule has 1 rings (SSSR count). The fraction of sp³-hybridized carbons (Fsp3) is 0.619. The second kappa shape index (κ2) is 12.3. The molecule has 0 spiro atoms. The summed E-state index contributed by atoms with van der Waals surface area (Å²) in [6, 6.07) is 8.54. The van der Waals surface area contributed by atoms with Gasteiger partial charge in [0.15, 0.2) is 5.96 Å². The van der Waals surface area contributed by atoms with Gasteiger partial charge < -0.3 is 15.4 Å². The Labute approximate surface area is 164 Å². The van der Waals surface area contributed by atoms with Crippen molar-refractivity contribution in [1.82, 2.24) is 15.5 Å². The van der Waals surface area contributed by atoms with Gasteiger partial charge in [-0.2, -0.15) is 0 Å². The molecule has 0 saturated heterocycles. The van der Waals surface area contributed by atoms with Crippen molar-refractivity contribution >= 4 is 11.9 Å². The van der Waals surface area contributed by atoms with Gasteiger partial charge >= 0.3 is 5.97 Å². The van der Waals surface area contributed by atoms with Crippen LogP contribution in [0.15, 0.2) is 29.3 Å². The van der Waals surface area contributed by atoms with Crippen LogP contribution in [0.1, 0.15) is 57.0 Å². The summed E-state index contributed by atoms with van der Waals surface area (Å²) in [6.07, 6.45) is 1.06. The Morgan fingerprint density at radius 1 is 1.11 bits per heavy atom. The molecule has 6 heteroatoms. The summed E-state index contributed by atoms with van der Waals surface area (Å²) in [6.45, 7) is 13.7. The van der Waals surface area contributed by atoms with Crippen LogP contribution in [0.2, 0.25) is 0 Å². The van der Waals surface area contributed by atoms with Crippen LogP contribution in [0, 0.1) is 0 Å². The largest absolute Gasteiger partial charge is 0.462 e. The second-order valence-corrected chi connectivity index (χ2v) is 7.05. The van der Waals surface area contributed by atoms with E-state index < -0.39 is 0 Å². The molecule has 0 amide bonds. The third-order valence-electron chi connectivity index (χ3n) is 4.36. The number of guanidine groups is 1. The van der Waals surface area contributed by atoms with E-state index in [1.165, 1.54) is 0 Å². The lowest BCUT2D eigenvalue weighted by atomic mass is 10.1. The zero-order chi connectivity index (χ0) is 20.2. The maximum absolute atomic E-state index is 11.7. The van der Waals surface area contributed by atoms with E-state index in [-0.39, 0.29) is 5.97 Å². The molecule has 2 N–H and O–H groups in total. The maximum atomic E-state index is 11.7. The van der Waals surface area contributed by atoms with E-state index in [4.69, 9.17) is 4.74 Å². The van der Waals surface area contributed by atoms with Crippen LogP contribution in [0.25, 0.3) is 0 Å². The van der Waals surface area contributed by atoms with Gasteiger partial charge in [-0.15, -0.1) is 0 Å². The summed E-state index contributed by atoms with van der Waals surface area (Å²) >= 11 is 0. The van der Waals surface area contributed by atoms with Gasteiger partial charge in [0.1, 0.15) is 0 Å². The summed E-state index contributed by atoms with van der Waals surface area (Å²) in [5.74, 6) is 0.497. The van der Waals surface area contributed by atoms with Crippen LogP contribution in [0.4, 0.5) is 0 Å².